The summed E-state index contributed by atoms with van der Waals surface area (Å²) in [7, 11) is 1.57. The number of fused-ring (bicyclic) bond motifs is 1. The fourth-order valence-corrected chi connectivity index (χ4v) is 3.10. The Kier molecular flexibility index (Phi) is 6.59. The van der Waals surface area contributed by atoms with Gasteiger partial charge >= 0.3 is 0 Å². The van der Waals surface area contributed by atoms with Crippen LogP contribution in [0.4, 0.5) is 0 Å². The molecule has 2 rings (SSSR count). The maximum Gasteiger partial charge on any atom is 0.249 e. The van der Waals surface area contributed by atoms with Crippen LogP contribution in [0, 0.1) is 5.92 Å². The Morgan fingerprint density at radius 3 is 2.87 bits per heavy atom. The highest BCUT2D eigenvalue weighted by Gasteiger charge is 2.19. The molecule has 0 bridgehead atoms. The van der Waals surface area contributed by atoms with Crippen LogP contribution in [0.5, 0.6) is 0 Å². The predicted molar refractivity (Wildman–Crippen MR) is 89.9 cm³/mol. The minimum absolute atomic E-state index is 0.0698. The van der Waals surface area contributed by atoms with E-state index < -0.39 is 0 Å². The Labute approximate surface area is 139 Å². The molecule has 23 heavy (non-hydrogen) atoms. The Balaban J connectivity index is 1.95. The third-order valence-corrected chi connectivity index (χ3v) is 4.16. The molecule has 1 aliphatic heterocycles. The number of hydrogen-bond donors (Lipinski definition) is 1. The first-order valence-corrected chi connectivity index (χ1v) is 8.62. The van der Waals surface area contributed by atoms with E-state index in [-0.39, 0.29) is 12.0 Å². The number of ether oxygens (including phenoxy) is 1. The number of methoxy groups -OCH3 is 1. The summed E-state index contributed by atoms with van der Waals surface area (Å²) in [6, 6.07) is 2.12. The van der Waals surface area contributed by atoms with Crippen molar-refractivity contribution < 1.29 is 9.53 Å². The van der Waals surface area contributed by atoms with Crippen molar-refractivity contribution in [3.8, 4) is 0 Å². The van der Waals surface area contributed by atoms with Crippen LogP contribution in [-0.2, 0) is 29.2 Å². The van der Waals surface area contributed by atoms with Crippen molar-refractivity contribution in [2.24, 2.45) is 5.92 Å². The van der Waals surface area contributed by atoms with Gasteiger partial charge in [0.2, 0.25) is 5.91 Å². The quantitative estimate of drug-likeness (QED) is 0.831. The Bertz CT molecular complexity index is 509. The van der Waals surface area contributed by atoms with Crippen LogP contribution in [-0.4, -0.2) is 46.9 Å². The van der Waals surface area contributed by atoms with Gasteiger partial charge in [0, 0.05) is 33.3 Å². The van der Waals surface area contributed by atoms with Crippen LogP contribution in [0.25, 0.3) is 0 Å². The maximum absolute atomic E-state index is 12.0. The van der Waals surface area contributed by atoms with E-state index in [1.807, 2.05) is 6.92 Å². The van der Waals surface area contributed by atoms with Crippen LogP contribution in [0.3, 0.4) is 0 Å². The highest BCUT2D eigenvalue weighted by atomic mass is 16.5. The van der Waals surface area contributed by atoms with Gasteiger partial charge in [-0.25, -0.2) is 0 Å². The number of nitrogens with zero attached hydrogens (tertiary/aromatic N) is 3. The number of carbonyl (C=O) groups excluding carboxylic acids is 1. The van der Waals surface area contributed by atoms with E-state index >= 15 is 0 Å². The van der Waals surface area contributed by atoms with E-state index in [0.29, 0.717) is 18.9 Å². The molecule has 0 aromatic carbocycles. The molecule has 6 heteroatoms. The summed E-state index contributed by atoms with van der Waals surface area (Å²) in [6.07, 6.45) is 1.41. The van der Waals surface area contributed by atoms with Gasteiger partial charge in [0.25, 0.3) is 0 Å². The van der Waals surface area contributed by atoms with Gasteiger partial charge in [-0.1, -0.05) is 20.8 Å². The van der Waals surface area contributed by atoms with Gasteiger partial charge in [0.1, 0.15) is 6.10 Å². The van der Waals surface area contributed by atoms with E-state index in [9.17, 15) is 4.79 Å². The zero-order valence-electron chi connectivity index (χ0n) is 14.8. The zero-order valence-corrected chi connectivity index (χ0v) is 14.8. The summed E-state index contributed by atoms with van der Waals surface area (Å²) in [5, 5.41) is 7.56. The molecule has 1 aromatic rings. The lowest BCUT2D eigenvalue weighted by atomic mass is 10.2. The van der Waals surface area contributed by atoms with Crippen LogP contribution in [0.15, 0.2) is 6.07 Å². The lowest BCUT2D eigenvalue weighted by molar-refractivity contribution is -0.131. The molecular formula is C17H30N4O2. The number of hydrogen-bond acceptors (Lipinski definition) is 4. The molecule has 0 fully saturated rings. The second-order valence-electron chi connectivity index (χ2n) is 6.68. The van der Waals surface area contributed by atoms with Crippen molar-refractivity contribution in [2.75, 3.05) is 20.2 Å². The molecule has 2 heterocycles. The fraction of sp³-hybridized carbons (Fsp3) is 0.765. The van der Waals surface area contributed by atoms with Crippen molar-refractivity contribution in [1.82, 2.24) is 20.0 Å². The molecule has 1 unspecified atom stereocenters. The fourth-order valence-electron chi connectivity index (χ4n) is 3.10. The van der Waals surface area contributed by atoms with Crippen LogP contribution >= 0.6 is 0 Å². The highest BCUT2D eigenvalue weighted by Crippen LogP contribution is 2.15. The summed E-state index contributed by atoms with van der Waals surface area (Å²) in [4.78, 5) is 14.5. The number of carbonyl (C=O) groups is 1. The minimum atomic E-state index is -0.378. The average molecular weight is 322 g/mol. The molecule has 0 aliphatic carbocycles. The van der Waals surface area contributed by atoms with E-state index in [1.165, 1.54) is 5.69 Å². The van der Waals surface area contributed by atoms with Crippen molar-refractivity contribution >= 4 is 5.91 Å². The number of nitrogens with one attached hydrogen (secondary N) is 1. The van der Waals surface area contributed by atoms with Crippen LogP contribution < -0.4 is 5.32 Å². The molecule has 1 atom stereocenters. The van der Waals surface area contributed by atoms with E-state index in [0.717, 1.165) is 38.3 Å². The molecule has 130 valence electrons. The van der Waals surface area contributed by atoms with Gasteiger partial charge in [0.15, 0.2) is 0 Å². The van der Waals surface area contributed by atoms with E-state index in [2.05, 4.69) is 39.9 Å². The maximum atomic E-state index is 12.0. The molecule has 1 aromatic heterocycles. The molecule has 1 amide bonds. The molecule has 6 nitrogen and oxygen atoms in total. The summed E-state index contributed by atoms with van der Waals surface area (Å²) in [6.45, 7) is 11.0. The normalized spacial score (nSPS) is 16.9. The number of aryl methyl sites for hydroxylation is 1. The molecule has 1 aliphatic rings. The summed E-state index contributed by atoms with van der Waals surface area (Å²) < 4.78 is 7.25. The third kappa shape index (κ3) is 5.04. The first-order chi connectivity index (χ1) is 11.0. The first-order valence-electron chi connectivity index (χ1n) is 8.62. The SMILES string of the molecule is CCC(OC)C(=O)NCc1cc2n(n1)CCCN(CC(C)C)C2. The summed E-state index contributed by atoms with van der Waals surface area (Å²) >= 11 is 0. The van der Waals surface area contributed by atoms with Gasteiger partial charge in [-0.15, -0.1) is 0 Å². The highest BCUT2D eigenvalue weighted by molar-refractivity contribution is 5.80. The largest absolute Gasteiger partial charge is 0.372 e. The third-order valence-electron chi connectivity index (χ3n) is 4.16. The van der Waals surface area contributed by atoms with Gasteiger partial charge in [-0.05, 0) is 24.8 Å². The monoisotopic (exact) mass is 322 g/mol. The first kappa shape index (κ1) is 17.9. The Hall–Kier alpha value is -1.40. The lowest BCUT2D eigenvalue weighted by Crippen LogP contribution is -2.35. The summed E-state index contributed by atoms with van der Waals surface area (Å²) in [5.74, 6) is 0.600. The van der Waals surface area contributed by atoms with Gasteiger partial charge in [-0.2, -0.15) is 5.10 Å². The van der Waals surface area contributed by atoms with Crippen LogP contribution in [0.2, 0.25) is 0 Å². The Morgan fingerprint density at radius 1 is 1.43 bits per heavy atom. The second kappa shape index (κ2) is 8.45. The number of rotatable bonds is 7. The standard InChI is InChI=1S/C17H30N4O2/c1-5-16(23-4)17(22)18-10-14-9-15-12-20(11-13(2)3)7-6-8-21(15)19-14/h9,13,16H,5-8,10-12H2,1-4H3,(H,18,22). The minimum Gasteiger partial charge on any atom is -0.372 e. The van der Waals surface area contributed by atoms with Gasteiger partial charge in [-0.3, -0.25) is 14.4 Å². The molecular weight excluding hydrogens is 292 g/mol. The molecule has 0 saturated heterocycles. The van der Waals surface area contributed by atoms with Crippen molar-refractivity contribution in [2.45, 2.75) is 59.4 Å². The number of amides is 1. The Morgan fingerprint density at radius 2 is 2.22 bits per heavy atom. The predicted octanol–water partition coefficient (Wildman–Crippen LogP) is 1.79. The lowest BCUT2D eigenvalue weighted by Gasteiger charge is -2.21. The summed E-state index contributed by atoms with van der Waals surface area (Å²) in [5.41, 5.74) is 2.16. The van der Waals surface area contributed by atoms with E-state index in [4.69, 9.17) is 4.74 Å². The van der Waals surface area contributed by atoms with Gasteiger partial charge in [0.05, 0.1) is 17.9 Å². The molecule has 0 radical (unpaired) electrons. The topological polar surface area (TPSA) is 59.4 Å². The van der Waals surface area contributed by atoms with Crippen molar-refractivity contribution in [3.63, 3.8) is 0 Å². The zero-order chi connectivity index (χ0) is 16.8. The van der Waals surface area contributed by atoms with E-state index in [1.54, 1.807) is 7.11 Å². The smallest absolute Gasteiger partial charge is 0.249 e. The average Bonchev–Trinajstić information content (AvgIpc) is 2.78. The molecule has 1 N–H and O–H groups in total. The molecule has 0 saturated carbocycles. The van der Waals surface area contributed by atoms with Gasteiger partial charge < -0.3 is 10.1 Å². The molecule has 0 spiro atoms. The van der Waals surface area contributed by atoms with Crippen molar-refractivity contribution in [1.29, 1.82) is 0 Å². The second-order valence-corrected chi connectivity index (χ2v) is 6.68. The number of aromatic nitrogens is 2. The van der Waals surface area contributed by atoms with Crippen molar-refractivity contribution in [3.05, 3.63) is 17.5 Å². The van der Waals surface area contributed by atoms with Crippen LogP contribution in [0.1, 0.15) is 45.0 Å².